The molecule has 0 amide bonds. The van der Waals surface area contributed by atoms with Crippen LogP contribution in [-0.2, 0) is 0 Å². The van der Waals surface area contributed by atoms with Crippen molar-refractivity contribution in [1.29, 1.82) is 0 Å². The Labute approximate surface area is 254 Å². The normalized spacial score (nSPS) is 14.6. The van der Waals surface area contributed by atoms with E-state index >= 15 is 0 Å². The van der Waals surface area contributed by atoms with Gasteiger partial charge in [-0.25, -0.2) is 9.59 Å². The van der Waals surface area contributed by atoms with Gasteiger partial charge in [0.15, 0.2) is 0 Å². The monoisotopic (exact) mass is 596 g/mol. The fraction of sp³-hybridized carbons (Fsp3) is 0.455. The van der Waals surface area contributed by atoms with E-state index in [1.165, 1.54) is 28.4 Å². The highest BCUT2D eigenvalue weighted by Gasteiger charge is 2.20. The van der Waals surface area contributed by atoms with Gasteiger partial charge in [0.2, 0.25) is 0 Å². The van der Waals surface area contributed by atoms with Crippen molar-refractivity contribution >= 4 is 24.1 Å². The van der Waals surface area contributed by atoms with Crippen molar-refractivity contribution in [3.05, 3.63) is 58.7 Å². The number of carboxylic acids is 2. The molecule has 0 atom stereocenters. The van der Waals surface area contributed by atoms with Crippen LogP contribution in [0.3, 0.4) is 0 Å². The van der Waals surface area contributed by atoms with Gasteiger partial charge in [-0.15, -0.1) is 0 Å². The Bertz CT molecular complexity index is 1140. The van der Waals surface area contributed by atoms with Crippen LogP contribution < -0.4 is 18.9 Å². The second-order valence-electron chi connectivity index (χ2n) is 10.3. The summed E-state index contributed by atoms with van der Waals surface area (Å²) in [5.41, 5.74) is 1.74. The Morgan fingerprint density at radius 2 is 1.00 bits per heavy atom. The lowest BCUT2D eigenvalue weighted by molar-refractivity contribution is 0.0678. The maximum absolute atomic E-state index is 11.5. The number of carboxylic acid groups (broad SMARTS) is 2. The summed E-state index contributed by atoms with van der Waals surface area (Å²) in [6.07, 6.45) is 13.3. The molecule has 1 heterocycles. The topological polar surface area (TPSA) is 118 Å². The molecule has 1 aliphatic heterocycles. The minimum Gasteiger partial charge on any atom is -0.496 e. The van der Waals surface area contributed by atoms with Gasteiger partial charge in [-0.05, 0) is 93.7 Å². The van der Waals surface area contributed by atoms with Gasteiger partial charge in [0.05, 0.1) is 28.4 Å². The average Bonchev–Trinajstić information content (AvgIpc) is 3.24. The number of ether oxygens (including phenoxy) is 4. The molecule has 0 aliphatic carbocycles. The molecule has 10 nitrogen and oxygen atoms in total. The van der Waals surface area contributed by atoms with Gasteiger partial charge in [-0.1, -0.05) is 24.3 Å². The molecule has 2 aromatic rings. The smallest absolute Gasteiger partial charge is 0.343 e. The van der Waals surface area contributed by atoms with Crippen molar-refractivity contribution in [2.45, 2.75) is 32.1 Å². The fourth-order valence-electron chi connectivity index (χ4n) is 5.25. The number of rotatable bonds is 16. The van der Waals surface area contributed by atoms with Crippen molar-refractivity contribution in [2.24, 2.45) is 0 Å². The zero-order valence-electron chi connectivity index (χ0n) is 25.6. The SMILES string of the molecule is COc1cc(/C=C/CCCN2CCCN(CCC/C=C/c3cc(OC)c(C(=O)O)c(OC)c3)CC2)cc(OC)c1C(=O)O. The van der Waals surface area contributed by atoms with Gasteiger partial charge in [-0.2, -0.15) is 0 Å². The summed E-state index contributed by atoms with van der Waals surface area (Å²) in [6, 6.07) is 6.87. The third-order valence-corrected chi connectivity index (χ3v) is 7.48. The summed E-state index contributed by atoms with van der Waals surface area (Å²) in [4.78, 5) is 28.2. The lowest BCUT2D eigenvalue weighted by atomic mass is 10.1. The van der Waals surface area contributed by atoms with Crippen LogP contribution in [0.1, 0.15) is 63.9 Å². The van der Waals surface area contributed by atoms with Gasteiger partial charge in [0.1, 0.15) is 34.1 Å². The van der Waals surface area contributed by atoms with E-state index in [1.807, 2.05) is 12.2 Å². The van der Waals surface area contributed by atoms with E-state index < -0.39 is 11.9 Å². The molecule has 2 aromatic carbocycles. The first-order valence-electron chi connectivity index (χ1n) is 14.6. The Morgan fingerprint density at radius 1 is 0.651 bits per heavy atom. The molecule has 0 radical (unpaired) electrons. The molecule has 234 valence electrons. The van der Waals surface area contributed by atoms with E-state index in [9.17, 15) is 19.8 Å². The second kappa shape index (κ2) is 17.2. The summed E-state index contributed by atoms with van der Waals surface area (Å²) in [7, 11) is 5.82. The number of aromatic carboxylic acids is 2. The predicted molar refractivity (Wildman–Crippen MR) is 167 cm³/mol. The lowest BCUT2D eigenvalue weighted by Crippen LogP contribution is -2.31. The molecule has 10 heteroatoms. The van der Waals surface area contributed by atoms with Crippen molar-refractivity contribution in [3.8, 4) is 23.0 Å². The van der Waals surface area contributed by atoms with Gasteiger partial charge in [0, 0.05) is 13.1 Å². The minimum absolute atomic E-state index is 0.0284. The highest BCUT2D eigenvalue weighted by Crippen LogP contribution is 2.32. The van der Waals surface area contributed by atoms with Gasteiger partial charge in [0.25, 0.3) is 0 Å². The summed E-state index contributed by atoms with van der Waals surface area (Å²) in [6.45, 7) is 6.39. The Morgan fingerprint density at radius 3 is 1.30 bits per heavy atom. The lowest BCUT2D eigenvalue weighted by Gasteiger charge is -2.21. The van der Waals surface area contributed by atoms with Crippen molar-refractivity contribution < 1.29 is 38.7 Å². The molecule has 0 aromatic heterocycles. The van der Waals surface area contributed by atoms with Crippen LogP contribution in [0.2, 0.25) is 0 Å². The minimum atomic E-state index is -1.08. The highest BCUT2D eigenvalue weighted by atomic mass is 16.5. The molecule has 43 heavy (non-hydrogen) atoms. The van der Waals surface area contributed by atoms with Crippen LogP contribution in [-0.4, -0.2) is 99.7 Å². The summed E-state index contributed by atoms with van der Waals surface area (Å²) < 4.78 is 21.1. The largest absolute Gasteiger partial charge is 0.496 e. The Hall–Kier alpha value is -4.02. The highest BCUT2D eigenvalue weighted by molar-refractivity contribution is 5.95. The maximum Gasteiger partial charge on any atom is 0.343 e. The number of carbonyl (C=O) groups is 2. The van der Waals surface area contributed by atoms with E-state index in [0.717, 1.165) is 82.5 Å². The van der Waals surface area contributed by atoms with Crippen LogP contribution >= 0.6 is 0 Å². The Balaban J connectivity index is 1.39. The first-order chi connectivity index (χ1) is 20.8. The van der Waals surface area contributed by atoms with Crippen LogP contribution in [0, 0.1) is 0 Å². The molecule has 2 N–H and O–H groups in total. The number of allylic oxidation sites excluding steroid dienone is 2. The van der Waals surface area contributed by atoms with E-state index in [2.05, 4.69) is 22.0 Å². The zero-order chi connectivity index (χ0) is 31.2. The Kier molecular flexibility index (Phi) is 13.4. The van der Waals surface area contributed by atoms with Crippen molar-refractivity contribution in [1.82, 2.24) is 9.80 Å². The summed E-state index contributed by atoms with van der Waals surface area (Å²) in [5.74, 6) is -1.03. The summed E-state index contributed by atoms with van der Waals surface area (Å²) in [5, 5.41) is 18.9. The van der Waals surface area contributed by atoms with Crippen LogP contribution in [0.4, 0.5) is 0 Å². The second-order valence-corrected chi connectivity index (χ2v) is 10.3. The standard InChI is InChI=1S/C33H44N2O8/c1-40-26-20-24(21-27(41-2)30(26)32(36)37)12-7-5-9-14-34-16-11-17-35(19-18-34)15-10-6-8-13-25-22-28(42-3)31(33(38)39)29(23-25)43-4/h7-8,12-13,20-23H,5-6,9-11,14-19H2,1-4H3,(H,36,37)(H,38,39)/b12-7+,13-8+. The van der Waals surface area contributed by atoms with E-state index in [1.54, 1.807) is 24.3 Å². The van der Waals surface area contributed by atoms with E-state index in [4.69, 9.17) is 18.9 Å². The van der Waals surface area contributed by atoms with Gasteiger partial charge < -0.3 is 39.0 Å². The first kappa shape index (κ1) is 33.5. The predicted octanol–water partition coefficient (Wildman–Crippen LogP) is 5.41. The van der Waals surface area contributed by atoms with Crippen LogP contribution in [0.25, 0.3) is 12.2 Å². The molecule has 0 spiro atoms. The number of hydrogen-bond acceptors (Lipinski definition) is 8. The zero-order valence-corrected chi connectivity index (χ0v) is 25.6. The maximum atomic E-state index is 11.5. The molecule has 0 unspecified atom stereocenters. The van der Waals surface area contributed by atoms with Crippen molar-refractivity contribution in [3.63, 3.8) is 0 Å². The molecule has 1 aliphatic rings. The van der Waals surface area contributed by atoms with Crippen molar-refractivity contribution in [2.75, 3.05) is 67.7 Å². The van der Waals surface area contributed by atoms with Crippen LogP contribution in [0.5, 0.6) is 23.0 Å². The van der Waals surface area contributed by atoms with E-state index in [0.29, 0.717) is 0 Å². The molecule has 0 saturated carbocycles. The third kappa shape index (κ3) is 9.76. The number of hydrogen-bond donors (Lipinski definition) is 2. The number of methoxy groups -OCH3 is 4. The number of benzene rings is 2. The molecular weight excluding hydrogens is 552 g/mol. The summed E-state index contributed by atoms with van der Waals surface area (Å²) >= 11 is 0. The number of nitrogens with zero attached hydrogens (tertiary/aromatic N) is 2. The molecule has 3 rings (SSSR count). The van der Waals surface area contributed by atoms with Gasteiger partial charge >= 0.3 is 11.9 Å². The average molecular weight is 597 g/mol. The van der Waals surface area contributed by atoms with Gasteiger partial charge in [-0.3, -0.25) is 0 Å². The fourth-order valence-corrected chi connectivity index (χ4v) is 5.25. The molecule has 0 bridgehead atoms. The van der Waals surface area contributed by atoms with Crippen LogP contribution in [0.15, 0.2) is 36.4 Å². The third-order valence-electron chi connectivity index (χ3n) is 7.48. The number of unbranched alkanes of at least 4 members (excludes halogenated alkanes) is 2. The first-order valence-corrected chi connectivity index (χ1v) is 14.6. The van der Waals surface area contributed by atoms with E-state index in [-0.39, 0.29) is 34.1 Å². The molecular formula is C33H44N2O8. The molecule has 1 saturated heterocycles. The quantitative estimate of drug-likeness (QED) is 0.244. The molecule has 1 fully saturated rings.